The number of carboxylic acid groups (broad SMARTS) is 1. The number of carbonyl (C=O) groups is 1. The first-order chi connectivity index (χ1) is 16.0. The van der Waals surface area contributed by atoms with Gasteiger partial charge in [-0.1, -0.05) is 103 Å². The zero-order chi connectivity index (χ0) is 25.0. The second-order valence-corrected chi connectivity index (χ2v) is 9.47. The summed E-state index contributed by atoms with van der Waals surface area (Å²) in [5, 5.41) is 34.5. The van der Waals surface area contributed by atoms with Gasteiger partial charge in [0.15, 0.2) is 0 Å². The topological polar surface area (TPSA) is 98.0 Å². The van der Waals surface area contributed by atoms with Crippen LogP contribution in [-0.2, 0) is 4.79 Å². The maximum Gasteiger partial charge on any atom is 0.303 e. The molecule has 0 aromatic heterocycles. The summed E-state index contributed by atoms with van der Waals surface area (Å²) in [7, 11) is 0. The molecule has 0 radical (unpaired) electrons. The number of allylic oxidation sites excluding steroid dienone is 2. The molecule has 0 atom stereocenters. The van der Waals surface area contributed by atoms with E-state index in [1.165, 1.54) is 96.3 Å². The number of hydrogen-bond donors (Lipinski definition) is 4. The largest absolute Gasteiger partial charge is 0.481 e. The zero-order valence-electron chi connectivity index (χ0n) is 21.9. The van der Waals surface area contributed by atoms with Gasteiger partial charge in [0, 0.05) is 11.8 Å². The van der Waals surface area contributed by atoms with E-state index in [9.17, 15) is 4.79 Å². The highest BCUT2D eigenvalue weighted by Crippen LogP contribution is 2.18. The Morgan fingerprint density at radius 2 is 0.970 bits per heavy atom. The highest BCUT2D eigenvalue weighted by molar-refractivity contribution is 5.66. The van der Waals surface area contributed by atoms with E-state index in [4.69, 9.17) is 20.4 Å². The van der Waals surface area contributed by atoms with Gasteiger partial charge in [-0.15, -0.1) is 0 Å². The van der Waals surface area contributed by atoms with Crippen LogP contribution in [0.25, 0.3) is 0 Å². The molecule has 0 heterocycles. The quantitative estimate of drug-likeness (QED) is 0.0945. The average Bonchev–Trinajstić information content (AvgIpc) is 2.82. The van der Waals surface area contributed by atoms with Crippen LogP contribution in [0, 0.1) is 5.41 Å². The number of carboxylic acids is 1. The second kappa shape index (κ2) is 27.3. The van der Waals surface area contributed by atoms with Crippen LogP contribution >= 0.6 is 0 Å². The lowest BCUT2D eigenvalue weighted by Gasteiger charge is -2.24. The summed E-state index contributed by atoms with van der Waals surface area (Å²) in [5.41, 5.74) is -0.667. The third-order valence-corrected chi connectivity index (χ3v) is 6.41. The van der Waals surface area contributed by atoms with E-state index in [2.05, 4.69) is 19.1 Å². The molecule has 198 valence electrons. The minimum Gasteiger partial charge on any atom is -0.481 e. The fourth-order valence-electron chi connectivity index (χ4n) is 3.54. The summed E-state index contributed by atoms with van der Waals surface area (Å²) in [5.74, 6) is -0.656. The number of aliphatic hydroxyl groups excluding tert-OH is 3. The zero-order valence-corrected chi connectivity index (χ0v) is 21.9. The minimum atomic E-state index is -0.667. The number of rotatable bonds is 23. The van der Waals surface area contributed by atoms with Crippen molar-refractivity contribution < 1.29 is 25.2 Å². The van der Waals surface area contributed by atoms with E-state index in [0.29, 0.717) is 12.8 Å². The third-order valence-electron chi connectivity index (χ3n) is 6.41. The van der Waals surface area contributed by atoms with Gasteiger partial charge in [-0.05, 0) is 38.5 Å². The molecule has 0 unspecified atom stereocenters. The molecule has 0 aliphatic carbocycles. The summed E-state index contributed by atoms with van der Waals surface area (Å²) in [4.78, 5) is 10.4. The second-order valence-electron chi connectivity index (χ2n) is 9.47. The van der Waals surface area contributed by atoms with E-state index >= 15 is 0 Å². The summed E-state index contributed by atoms with van der Waals surface area (Å²) in [6.45, 7) is 3.63. The molecule has 4 N–H and O–H groups in total. The molecule has 0 aromatic carbocycles. The normalized spacial score (nSPS) is 11.5. The Morgan fingerprint density at radius 3 is 1.27 bits per heavy atom. The fraction of sp³-hybridized carbons (Fsp3) is 0.893. The van der Waals surface area contributed by atoms with Gasteiger partial charge in [0.1, 0.15) is 0 Å². The smallest absolute Gasteiger partial charge is 0.303 e. The van der Waals surface area contributed by atoms with Crippen molar-refractivity contribution in [1.29, 1.82) is 0 Å². The van der Waals surface area contributed by atoms with Crippen LogP contribution < -0.4 is 0 Å². The van der Waals surface area contributed by atoms with Crippen LogP contribution in [0.4, 0.5) is 0 Å². The molecule has 0 aliphatic heterocycles. The fourth-order valence-corrected chi connectivity index (χ4v) is 3.54. The van der Waals surface area contributed by atoms with Crippen LogP contribution in [0.3, 0.4) is 0 Å². The number of hydrogen-bond acceptors (Lipinski definition) is 4. The molecule has 0 aliphatic rings. The Bertz CT molecular complexity index is 401. The van der Waals surface area contributed by atoms with Crippen LogP contribution in [0.15, 0.2) is 12.2 Å². The van der Waals surface area contributed by atoms with Gasteiger partial charge in [0.25, 0.3) is 0 Å². The molecule has 0 spiro atoms. The SMILES string of the molecule is CCC(CO)(CO)CO.CCCCCCCC/C=C\CCCCCCCCCCCC(=O)O. The van der Waals surface area contributed by atoms with E-state index in [1.54, 1.807) is 0 Å². The van der Waals surface area contributed by atoms with Gasteiger partial charge >= 0.3 is 5.97 Å². The van der Waals surface area contributed by atoms with Crippen molar-refractivity contribution in [2.75, 3.05) is 19.8 Å². The lowest BCUT2D eigenvalue weighted by Crippen LogP contribution is -2.32. The molecule has 5 nitrogen and oxygen atoms in total. The number of aliphatic hydroxyl groups is 3. The first-order valence-electron chi connectivity index (χ1n) is 13.7. The van der Waals surface area contributed by atoms with Gasteiger partial charge < -0.3 is 20.4 Å². The van der Waals surface area contributed by atoms with Crippen molar-refractivity contribution in [3.05, 3.63) is 12.2 Å². The third kappa shape index (κ3) is 25.5. The van der Waals surface area contributed by atoms with Crippen molar-refractivity contribution in [2.45, 2.75) is 136 Å². The molecule has 0 saturated heterocycles. The Hall–Kier alpha value is -0.910. The van der Waals surface area contributed by atoms with Crippen molar-refractivity contribution in [1.82, 2.24) is 0 Å². The monoisotopic (exact) mass is 472 g/mol. The van der Waals surface area contributed by atoms with Crippen LogP contribution in [0.5, 0.6) is 0 Å². The van der Waals surface area contributed by atoms with Crippen molar-refractivity contribution >= 4 is 5.97 Å². The summed E-state index contributed by atoms with van der Waals surface area (Å²) < 4.78 is 0. The number of unbranched alkanes of at least 4 members (excludes halogenated alkanes) is 15. The highest BCUT2D eigenvalue weighted by atomic mass is 16.4. The first-order valence-corrected chi connectivity index (χ1v) is 13.7. The van der Waals surface area contributed by atoms with Crippen molar-refractivity contribution in [2.24, 2.45) is 5.41 Å². The molecular formula is C28H56O5. The summed E-state index contributed by atoms with van der Waals surface area (Å²) in [6.07, 6.45) is 27.7. The van der Waals surface area contributed by atoms with Crippen LogP contribution in [-0.4, -0.2) is 46.2 Å². The molecule has 33 heavy (non-hydrogen) atoms. The molecular weight excluding hydrogens is 416 g/mol. The van der Waals surface area contributed by atoms with E-state index in [1.807, 2.05) is 6.92 Å². The molecule has 0 fully saturated rings. The lowest BCUT2D eigenvalue weighted by molar-refractivity contribution is -0.137. The maximum absolute atomic E-state index is 10.4. The average molecular weight is 473 g/mol. The predicted octanol–water partition coefficient (Wildman–Crippen LogP) is 7.03. The Balaban J connectivity index is 0. The first kappa shape index (κ1) is 34.3. The molecule has 0 amide bonds. The van der Waals surface area contributed by atoms with Crippen molar-refractivity contribution in [3.63, 3.8) is 0 Å². The molecule has 0 bridgehead atoms. The lowest BCUT2D eigenvalue weighted by atomic mass is 9.88. The molecule has 0 rings (SSSR count). The van der Waals surface area contributed by atoms with E-state index in [0.717, 1.165) is 12.8 Å². The molecule has 5 heteroatoms. The minimum absolute atomic E-state index is 0.156. The maximum atomic E-state index is 10.4. The Labute approximate surface area is 204 Å². The van der Waals surface area contributed by atoms with Crippen molar-refractivity contribution in [3.8, 4) is 0 Å². The van der Waals surface area contributed by atoms with Gasteiger partial charge in [-0.3, -0.25) is 4.79 Å². The predicted molar refractivity (Wildman–Crippen MR) is 140 cm³/mol. The standard InChI is InChI=1S/C22H42O2.C6H14O3/c1-2-3-4-5-6-7-8-9-10-11-12-13-14-15-16-17-18-19-20-21-22(23)24;1-2-6(3-7,4-8)5-9/h9-10H,2-8,11-21H2,1H3,(H,23,24);7-9H,2-5H2,1H3/b10-9-;. The summed E-state index contributed by atoms with van der Waals surface area (Å²) in [6, 6.07) is 0. The van der Waals surface area contributed by atoms with Gasteiger partial charge in [0.2, 0.25) is 0 Å². The Morgan fingerprint density at radius 1 is 0.606 bits per heavy atom. The van der Waals surface area contributed by atoms with Gasteiger partial charge in [0.05, 0.1) is 19.8 Å². The van der Waals surface area contributed by atoms with E-state index in [-0.39, 0.29) is 19.8 Å². The molecule has 0 aromatic rings. The summed E-state index contributed by atoms with van der Waals surface area (Å²) >= 11 is 0. The molecule has 0 saturated carbocycles. The van der Waals surface area contributed by atoms with Crippen LogP contribution in [0.1, 0.15) is 136 Å². The Kier molecular flexibility index (Phi) is 28.4. The highest BCUT2D eigenvalue weighted by Gasteiger charge is 2.24. The van der Waals surface area contributed by atoms with Gasteiger partial charge in [-0.25, -0.2) is 0 Å². The van der Waals surface area contributed by atoms with E-state index < -0.39 is 11.4 Å². The number of aliphatic carboxylic acids is 1. The van der Waals surface area contributed by atoms with Gasteiger partial charge in [-0.2, -0.15) is 0 Å². The van der Waals surface area contributed by atoms with Crippen LogP contribution in [0.2, 0.25) is 0 Å².